The van der Waals surface area contributed by atoms with Crippen molar-refractivity contribution in [1.29, 1.82) is 0 Å². The van der Waals surface area contributed by atoms with Crippen LogP contribution in [0.3, 0.4) is 0 Å². The molecular weight excluding hydrogens is 330 g/mol. The first kappa shape index (κ1) is 17.0. The van der Waals surface area contributed by atoms with Gasteiger partial charge in [-0.1, -0.05) is 32.6 Å². The minimum atomic E-state index is -0.126. The van der Waals surface area contributed by atoms with E-state index in [9.17, 15) is 0 Å². The molecule has 0 saturated heterocycles. The van der Waals surface area contributed by atoms with Gasteiger partial charge in [-0.2, -0.15) is 5.10 Å². The zero-order valence-corrected chi connectivity index (χ0v) is 15.1. The predicted molar refractivity (Wildman–Crippen MR) is 89.5 cm³/mol. The van der Waals surface area contributed by atoms with Crippen LogP contribution in [-0.2, 0) is 11.3 Å². The third-order valence-electron chi connectivity index (χ3n) is 4.71. The normalized spacial score (nSPS) is 20.2. The second-order valence-electron chi connectivity index (χ2n) is 6.01. The van der Waals surface area contributed by atoms with Crippen LogP contribution in [0.2, 0.25) is 0 Å². The smallest absolute Gasteiger partial charge is 0.0888 e. The van der Waals surface area contributed by atoms with E-state index in [4.69, 9.17) is 4.74 Å². The Kier molecular flexibility index (Phi) is 6.26. The number of hydrogen-bond acceptors (Lipinski definition) is 3. The molecule has 1 atom stereocenters. The van der Waals surface area contributed by atoms with Gasteiger partial charge in [0, 0.05) is 13.7 Å². The number of halogens is 1. The van der Waals surface area contributed by atoms with Gasteiger partial charge in [-0.05, 0) is 42.2 Å². The average Bonchev–Trinajstić information content (AvgIpc) is 2.72. The van der Waals surface area contributed by atoms with E-state index >= 15 is 0 Å². The van der Waals surface area contributed by atoms with Gasteiger partial charge in [0.2, 0.25) is 0 Å². The van der Waals surface area contributed by atoms with Gasteiger partial charge in [-0.15, -0.1) is 0 Å². The monoisotopic (exact) mass is 357 g/mol. The SMILES string of the molecule is CCCn1ncc(Br)c1C(NC)C1(OC)CCCCCC1. The van der Waals surface area contributed by atoms with Crippen molar-refractivity contribution in [3.63, 3.8) is 0 Å². The minimum Gasteiger partial charge on any atom is -0.376 e. The molecule has 0 aromatic carbocycles. The third-order valence-corrected chi connectivity index (χ3v) is 5.32. The summed E-state index contributed by atoms with van der Waals surface area (Å²) >= 11 is 3.69. The van der Waals surface area contributed by atoms with Crippen LogP contribution >= 0.6 is 15.9 Å². The summed E-state index contributed by atoms with van der Waals surface area (Å²) in [5.41, 5.74) is 1.10. The number of hydrogen-bond donors (Lipinski definition) is 1. The summed E-state index contributed by atoms with van der Waals surface area (Å²) in [6.45, 7) is 3.13. The Morgan fingerprint density at radius 1 is 1.38 bits per heavy atom. The Morgan fingerprint density at radius 3 is 2.57 bits per heavy atom. The van der Waals surface area contributed by atoms with Gasteiger partial charge in [0.1, 0.15) is 0 Å². The number of likely N-dealkylation sites (N-methyl/N-ethyl adjacent to an activating group) is 1. The highest BCUT2D eigenvalue weighted by Gasteiger charge is 2.41. The fraction of sp³-hybridized carbons (Fsp3) is 0.812. The molecule has 5 heteroatoms. The molecule has 4 nitrogen and oxygen atoms in total. The molecule has 0 amide bonds. The van der Waals surface area contributed by atoms with Gasteiger partial charge in [-0.3, -0.25) is 4.68 Å². The largest absolute Gasteiger partial charge is 0.376 e. The molecule has 0 radical (unpaired) electrons. The maximum absolute atomic E-state index is 6.10. The standard InChI is InChI=1S/C16H28BrN3O/c1-4-11-20-14(13(17)12-19-20)15(18-2)16(21-3)9-7-5-6-8-10-16/h12,15,18H,4-11H2,1-3H3. The van der Waals surface area contributed by atoms with Gasteiger partial charge in [0.15, 0.2) is 0 Å². The molecule has 1 N–H and O–H groups in total. The van der Waals surface area contributed by atoms with Crippen molar-refractivity contribution in [3.05, 3.63) is 16.4 Å². The highest BCUT2D eigenvalue weighted by atomic mass is 79.9. The lowest BCUT2D eigenvalue weighted by Gasteiger charge is -2.39. The molecule has 21 heavy (non-hydrogen) atoms. The molecule has 1 saturated carbocycles. The van der Waals surface area contributed by atoms with Crippen LogP contribution in [0.1, 0.15) is 63.6 Å². The van der Waals surface area contributed by atoms with Crippen LogP contribution in [0.25, 0.3) is 0 Å². The van der Waals surface area contributed by atoms with Crippen LogP contribution in [0.5, 0.6) is 0 Å². The summed E-state index contributed by atoms with van der Waals surface area (Å²) in [4.78, 5) is 0. The Labute approximate surface area is 136 Å². The lowest BCUT2D eigenvalue weighted by molar-refractivity contribution is -0.0545. The Morgan fingerprint density at radius 2 is 2.05 bits per heavy atom. The molecule has 1 aromatic rings. The van der Waals surface area contributed by atoms with Gasteiger partial charge in [0.25, 0.3) is 0 Å². The van der Waals surface area contributed by atoms with Crippen molar-refractivity contribution in [3.8, 4) is 0 Å². The number of nitrogens with zero attached hydrogens (tertiary/aromatic N) is 2. The summed E-state index contributed by atoms with van der Waals surface area (Å²) in [5, 5.41) is 8.05. The van der Waals surface area contributed by atoms with Crippen molar-refractivity contribution in [2.24, 2.45) is 0 Å². The topological polar surface area (TPSA) is 39.1 Å². The summed E-state index contributed by atoms with van der Waals surface area (Å²) in [5.74, 6) is 0. The summed E-state index contributed by atoms with van der Waals surface area (Å²) in [6.07, 6.45) is 10.3. The first-order valence-corrected chi connectivity index (χ1v) is 8.91. The average molecular weight is 358 g/mol. The van der Waals surface area contributed by atoms with E-state index in [1.807, 2.05) is 20.4 Å². The molecule has 1 aliphatic carbocycles. The Balaban J connectivity index is 2.38. The molecule has 2 rings (SSSR count). The fourth-order valence-electron chi connectivity index (χ4n) is 3.64. The van der Waals surface area contributed by atoms with Gasteiger partial charge >= 0.3 is 0 Å². The molecule has 1 fully saturated rings. The Bertz CT molecular complexity index is 439. The maximum atomic E-state index is 6.10. The first-order chi connectivity index (χ1) is 10.2. The third kappa shape index (κ3) is 3.51. The van der Waals surface area contributed by atoms with Crippen LogP contribution < -0.4 is 5.32 Å². The van der Waals surface area contributed by atoms with E-state index in [-0.39, 0.29) is 11.6 Å². The van der Waals surface area contributed by atoms with Crippen molar-refractivity contribution in [1.82, 2.24) is 15.1 Å². The van der Waals surface area contributed by atoms with E-state index in [0.717, 1.165) is 30.3 Å². The minimum absolute atomic E-state index is 0.126. The number of nitrogens with one attached hydrogen (secondary N) is 1. The molecule has 1 unspecified atom stereocenters. The number of aromatic nitrogens is 2. The molecule has 1 aromatic heterocycles. The maximum Gasteiger partial charge on any atom is 0.0888 e. The van der Waals surface area contributed by atoms with Crippen LogP contribution in [0, 0.1) is 0 Å². The molecule has 0 aliphatic heterocycles. The number of aryl methyl sites for hydroxylation is 1. The molecule has 0 spiro atoms. The lowest BCUT2D eigenvalue weighted by Crippen LogP contribution is -2.45. The number of methoxy groups -OCH3 is 1. The second kappa shape index (κ2) is 7.75. The molecule has 1 heterocycles. The summed E-state index contributed by atoms with van der Waals surface area (Å²) in [6, 6.07) is 0.170. The molecule has 1 aliphatic rings. The molecule has 0 bridgehead atoms. The van der Waals surface area contributed by atoms with Crippen molar-refractivity contribution in [2.75, 3.05) is 14.2 Å². The second-order valence-corrected chi connectivity index (χ2v) is 6.86. The van der Waals surface area contributed by atoms with Gasteiger partial charge in [-0.25, -0.2) is 0 Å². The number of ether oxygens (including phenoxy) is 1. The lowest BCUT2D eigenvalue weighted by atomic mass is 9.84. The van der Waals surface area contributed by atoms with E-state index in [0.29, 0.717) is 0 Å². The summed E-state index contributed by atoms with van der Waals surface area (Å²) < 4.78 is 9.30. The van der Waals surface area contributed by atoms with Crippen molar-refractivity contribution >= 4 is 15.9 Å². The van der Waals surface area contributed by atoms with E-state index in [1.165, 1.54) is 31.4 Å². The fourth-order valence-corrected chi connectivity index (χ4v) is 4.16. The highest BCUT2D eigenvalue weighted by Crippen LogP contribution is 2.42. The van der Waals surface area contributed by atoms with Crippen LogP contribution in [-0.4, -0.2) is 29.5 Å². The van der Waals surface area contributed by atoms with Crippen LogP contribution in [0.4, 0.5) is 0 Å². The quantitative estimate of drug-likeness (QED) is 0.780. The molecular formula is C16H28BrN3O. The zero-order valence-electron chi connectivity index (χ0n) is 13.5. The Hall–Kier alpha value is -0.390. The van der Waals surface area contributed by atoms with E-state index < -0.39 is 0 Å². The summed E-state index contributed by atoms with van der Waals surface area (Å²) in [7, 11) is 3.90. The van der Waals surface area contributed by atoms with E-state index in [1.54, 1.807) is 0 Å². The van der Waals surface area contributed by atoms with Crippen molar-refractivity contribution < 1.29 is 4.74 Å². The first-order valence-electron chi connectivity index (χ1n) is 8.12. The predicted octanol–water partition coefficient (Wildman–Crippen LogP) is 4.06. The molecule has 120 valence electrons. The van der Waals surface area contributed by atoms with Crippen molar-refractivity contribution in [2.45, 2.75) is 70.1 Å². The van der Waals surface area contributed by atoms with Crippen LogP contribution in [0.15, 0.2) is 10.7 Å². The van der Waals surface area contributed by atoms with Gasteiger partial charge < -0.3 is 10.1 Å². The van der Waals surface area contributed by atoms with Gasteiger partial charge in [0.05, 0.1) is 28.0 Å². The van der Waals surface area contributed by atoms with E-state index in [2.05, 4.69) is 38.0 Å². The zero-order chi connectivity index (χ0) is 15.3. The highest BCUT2D eigenvalue weighted by molar-refractivity contribution is 9.10. The number of rotatable bonds is 6.